The van der Waals surface area contributed by atoms with Crippen molar-refractivity contribution >= 4 is 23.4 Å². The Labute approximate surface area is 183 Å². The average Bonchev–Trinajstić information content (AvgIpc) is 3.15. The molecule has 0 aliphatic heterocycles. The summed E-state index contributed by atoms with van der Waals surface area (Å²) < 4.78 is 14.6. The van der Waals surface area contributed by atoms with Gasteiger partial charge in [0, 0.05) is 11.3 Å². The Hall–Kier alpha value is -3.65. The van der Waals surface area contributed by atoms with Crippen LogP contribution in [0.4, 0.5) is 10.1 Å². The van der Waals surface area contributed by atoms with Crippen LogP contribution in [0.1, 0.15) is 16.4 Å². The fraction of sp³-hybridized carbons (Fsp3) is 0.0870. The van der Waals surface area contributed by atoms with Gasteiger partial charge in [0.25, 0.3) is 0 Å². The number of nitrogens with one attached hydrogen (secondary N) is 1. The number of nitrogen functional groups attached to an aromatic ring is 1. The molecule has 0 unspecified atom stereocenters. The maximum absolute atomic E-state index is 13.2. The van der Waals surface area contributed by atoms with Crippen LogP contribution in [0.5, 0.6) is 0 Å². The monoisotopic (exact) mass is 433 g/mol. The van der Waals surface area contributed by atoms with Gasteiger partial charge in [-0.2, -0.15) is 0 Å². The van der Waals surface area contributed by atoms with Crippen molar-refractivity contribution in [2.24, 2.45) is 0 Å². The third-order valence-corrected chi connectivity index (χ3v) is 5.86. The van der Waals surface area contributed by atoms with Crippen LogP contribution in [-0.4, -0.2) is 20.8 Å². The quantitative estimate of drug-likeness (QED) is 0.343. The predicted molar refractivity (Wildman–Crippen MR) is 120 cm³/mol. The number of nitrogens with zero attached hydrogens (tertiary/aromatic N) is 3. The van der Waals surface area contributed by atoms with E-state index in [1.807, 2.05) is 61.5 Å². The molecule has 1 heterocycles. The Morgan fingerprint density at radius 3 is 2.35 bits per heavy atom. The molecule has 0 aliphatic carbocycles. The summed E-state index contributed by atoms with van der Waals surface area (Å²) in [5.41, 5.74) is 3.25. The molecule has 3 N–H and O–H groups in total. The number of aromatic nitrogens is 3. The molecule has 156 valence electrons. The molecule has 0 radical (unpaired) electrons. The zero-order valence-corrected chi connectivity index (χ0v) is 17.5. The van der Waals surface area contributed by atoms with Crippen LogP contribution in [0, 0.1) is 12.7 Å². The number of rotatable bonds is 6. The molecule has 0 aliphatic rings. The van der Waals surface area contributed by atoms with Crippen molar-refractivity contribution in [3.63, 3.8) is 0 Å². The fourth-order valence-electron chi connectivity index (χ4n) is 3.00. The lowest BCUT2D eigenvalue weighted by atomic mass is 10.1. The minimum absolute atomic E-state index is 0.275. The van der Waals surface area contributed by atoms with Crippen LogP contribution >= 0.6 is 11.8 Å². The summed E-state index contributed by atoms with van der Waals surface area (Å²) in [5.74, 6) is 6.13. The first-order chi connectivity index (χ1) is 15.0. The standard InChI is InChI=1S/C23H20FN5OS/c1-15-7-9-17(10-8-15)21-27-28-23(29(21)25)31-20(16-5-3-2-4-6-16)22(30)26-19-13-11-18(24)12-14-19/h2-14,20H,25H2,1H3,(H,26,30)/t20-/m1/s1. The van der Waals surface area contributed by atoms with Gasteiger partial charge in [0.1, 0.15) is 11.1 Å². The van der Waals surface area contributed by atoms with E-state index in [0.29, 0.717) is 16.7 Å². The second-order valence-electron chi connectivity index (χ2n) is 6.95. The Bertz CT molecular complexity index is 1180. The van der Waals surface area contributed by atoms with Gasteiger partial charge in [-0.15, -0.1) is 10.2 Å². The molecule has 1 atom stereocenters. The summed E-state index contributed by atoms with van der Waals surface area (Å²) in [5, 5.41) is 11.0. The van der Waals surface area contributed by atoms with E-state index in [9.17, 15) is 9.18 Å². The van der Waals surface area contributed by atoms with Crippen molar-refractivity contribution in [2.75, 3.05) is 11.2 Å². The molecule has 3 aromatic carbocycles. The van der Waals surface area contributed by atoms with Crippen molar-refractivity contribution in [3.05, 3.63) is 95.8 Å². The van der Waals surface area contributed by atoms with Crippen LogP contribution in [0.3, 0.4) is 0 Å². The summed E-state index contributed by atoms with van der Waals surface area (Å²) in [6, 6.07) is 22.7. The molecule has 8 heteroatoms. The van der Waals surface area contributed by atoms with Crippen molar-refractivity contribution in [2.45, 2.75) is 17.3 Å². The minimum atomic E-state index is -0.636. The molecule has 4 rings (SSSR count). The highest BCUT2D eigenvalue weighted by Crippen LogP contribution is 2.36. The maximum Gasteiger partial charge on any atom is 0.242 e. The summed E-state index contributed by atoms with van der Waals surface area (Å²) in [6.45, 7) is 2.00. The second-order valence-corrected chi connectivity index (χ2v) is 8.02. The number of aryl methyl sites for hydroxylation is 1. The zero-order valence-electron chi connectivity index (χ0n) is 16.7. The molecule has 6 nitrogen and oxygen atoms in total. The number of carbonyl (C=O) groups is 1. The molecule has 0 spiro atoms. The maximum atomic E-state index is 13.2. The van der Waals surface area contributed by atoms with Gasteiger partial charge in [0.05, 0.1) is 0 Å². The lowest BCUT2D eigenvalue weighted by Crippen LogP contribution is -2.20. The Kier molecular flexibility index (Phi) is 5.99. The molecular formula is C23H20FN5OS. The van der Waals surface area contributed by atoms with Crippen molar-refractivity contribution in [3.8, 4) is 11.4 Å². The van der Waals surface area contributed by atoms with Gasteiger partial charge in [-0.1, -0.05) is 71.9 Å². The molecule has 0 saturated carbocycles. The molecular weight excluding hydrogens is 413 g/mol. The fourth-order valence-corrected chi connectivity index (χ4v) is 3.96. The number of halogens is 1. The molecule has 1 amide bonds. The summed E-state index contributed by atoms with van der Waals surface area (Å²) >= 11 is 1.20. The SMILES string of the molecule is Cc1ccc(-c2nnc(S[C@@H](C(=O)Nc3ccc(F)cc3)c3ccccc3)n2N)cc1. The Morgan fingerprint density at radius 1 is 1.00 bits per heavy atom. The van der Waals surface area contributed by atoms with Crippen molar-refractivity contribution in [1.29, 1.82) is 0 Å². The molecule has 4 aromatic rings. The molecule has 1 aromatic heterocycles. The molecule has 31 heavy (non-hydrogen) atoms. The number of anilines is 1. The predicted octanol–water partition coefficient (Wildman–Crippen LogP) is 4.58. The summed E-state index contributed by atoms with van der Waals surface area (Å²) in [6.07, 6.45) is 0. The van der Waals surface area contributed by atoms with E-state index >= 15 is 0 Å². The van der Waals surface area contributed by atoms with Crippen LogP contribution in [0.2, 0.25) is 0 Å². The van der Waals surface area contributed by atoms with E-state index in [2.05, 4.69) is 15.5 Å². The van der Waals surface area contributed by atoms with Crippen molar-refractivity contribution in [1.82, 2.24) is 14.9 Å². The van der Waals surface area contributed by atoms with E-state index in [-0.39, 0.29) is 11.7 Å². The van der Waals surface area contributed by atoms with Gasteiger partial charge in [0.15, 0.2) is 5.82 Å². The van der Waals surface area contributed by atoms with Gasteiger partial charge in [-0.3, -0.25) is 4.79 Å². The summed E-state index contributed by atoms with van der Waals surface area (Å²) in [4.78, 5) is 13.1. The smallest absolute Gasteiger partial charge is 0.242 e. The lowest BCUT2D eigenvalue weighted by molar-refractivity contribution is -0.115. The lowest BCUT2D eigenvalue weighted by Gasteiger charge is -2.16. The minimum Gasteiger partial charge on any atom is -0.335 e. The number of hydrogen-bond acceptors (Lipinski definition) is 5. The van der Waals surface area contributed by atoms with E-state index in [4.69, 9.17) is 5.84 Å². The topological polar surface area (TPSA) is 85.8 Å². The van der Waals surface area contributed by atoms with Gasteiger partial charge < -0.3 is 11.2 Å². The first-order valence-electron chi connectivity index (χ1n) is 9.57. The van der Waals surface area contributed by atoms with Gasteiger partial charge in [-0.25, -0.2) is 9.07 Å². The third kappa shape index (κ3) is 4.75. The van der Waals surface area contributed by atoms with Gasteiger partial charge in [0.2, 0.25) is 11.1 Å². The van der Waals surface area contributed by atoms with Gasteiger partial charge >= 0.3 is 0 Å². The number of carbonyl (C=O) groups excluding carboxylic acids is 1. The first kappa shape index (κ1) is 20.6. The number of thioether (sulfide) groups is 1. The van der Waals surface area contributed by atoms with Crippen molar-refractivity contribution < 1.29 is 9.18 Å². The number of benzene rings is 3. The van der Waals surface area contributed by atoms with Crippen LogP contribution in [0.15, 0.2) is 84.0 Å². The normalized spacial score (nSPS) is 11.8. The Morgan fingerprint density at radius 2 is 1.68 bits per heavy atom. The number of nitrogens with two attached hydrogens (primary N) is 1. The largest absolute Gasteiger partial charge is 0.335 e. The summed E-state index contributed by atoms with van der Waals surface area (Å²) in [7, 11) is 0. The van der Waals surface area contributed by atoms with E-state index in [1.165, 1.54) is 40.7 Å². The first-order valence-corrected chi connectivity index (χ1v) is 10.4. The third-order valence-electron chi connectivity index (χ3n) is 4.65. The second kappa shape index (κ2) is 9.01. The number of hydrogen-bond donors (Lipinski definition) is 2. The molecule has 0 saturated heterocycles. The number of amides is 1. The van der Waals surface area contributed by atoms with E-state index < -0.39 is 5.25 Å². The van der Waals surface area contributed by atoms with E-state index in [0.717, 1.165) is 16.7 Å². The Balaban J connectivity index is 1.62. The van der Waals surface area contributed by atoms with Crippen LogP contribution in [-0.2, 0) is 4.79 Å². The van der Waals surface area contributed by atoms with Crippen LogP contribution in [0.25, 0.3) is 11.4 Å². The van der Waals surface area contributed by atoms with Crippen LogP contribution < -0.4 is 11.2 Å². The highest BCUT2D eigenvalue weighted by molar-refractivity contribution is 8.00. The van der Waals surface area contributed by atoms with Gasteiger partial charge in [-0.05, 0) is 36.8 Å². The highest BCUT2D eigenvalue weighted by Gasteiger charge is 2.25. The van der Waals surface area contributed by atoms with E-state index in [1.54, 1.807) is 0 Å². The molecule has 0 fully saturated rings. The molecule has 0 bridgehead atoms. The average molecular weight is 434 g/mol. The highest BCUT2D eigenvalue weighted by atomic mass is 32.2. The zero-order chi connectivity index (χ0) is 21.8.